The standard InChI is InChI=1S/C10H16O4S/c1-8(2)10(12)14-5-4-9(11)13-6-7-15-3/h1,4-7H2,2-3H3. The van der Waals surface area contributed by atoms with Gasteiger partial charge in [0.2, 0.25) is 0 Å². The van der Waals surface area contributed by atoms with E-state index >= 15 is 0 Å². The van der Waals surface area contributed by atoms with Gasteiger partial charge in [0.25, 0.3) is 0 Å². The lowest BCUT2D eigenvalue weighted by atomic mass is 10.4. The molecular formula is C10H16O4S. The van der Waals surface area contributed by atoms with E-state index in [0.717, 1.165) is 5.75 Å². The molecule has 86 valence electrons. The minimum Gasteiger partial charge on any atom is -0.465 e. The van der Waals surface area contributed by atoms with Crippen molar-refractivity contribution in [3.8, 4) is 0 Å². The molecule has 0 aromatic heterocycles. The summed E-state index contributed by atoms with van der Waals surface area (Å²) in [6.07, 6.45) is 2.02. The van der Waals surface area contributed by atoms with Gasteiger partial charge in [-0.3, -0.25) is 4.79 Å². The van der Waals surface area contributed by atoms with Crippen LogP contribution in [-0.2, 0) is 19.1 Å². The van der Waals surface area contributed by atoms with E-state index in [0.29, 0.717) is 12.2 Å². The van der Waals surface area contributed by atoms with Gasteiger partial charge >= 0.3 is 11.9 Å². The van der Waals surface area contributed by atoms with Crippen molar-refractivity contribution in [2.75, 3.05) is 25.2 Å². The molecule has 0 saturated carbocycles. The van der Waals surface area contributed by atoms with Crippen molar-refractivity contribution < 1.29 is 19.1 Å². The van der Waals surface area contributed by atoms with E-state index in [1.54, 1.807) is 18.7 Å². The summed E-state index contributed by atoms with van der Waals surface area (Å²) in [5.41, 5.74) is 0.325. The molecule has 0 fully saturated rings. The minimum atomic E-state index is -0.480. The Kier molecular flexibility index (Phi) is 7.81. The molecule has 0 rings (SSSR count). The van der Waals surface area contributed by atoms with Gasteiger partial charge in [-0.1, -0.05) is 6.58 Å². The number of rotatable bonds is 7. The van der Waals surface area contributed by atoms with Crippen molar-refractivity contribution in [1.29, 1.82) is 0 Å². The minimum absolute atomic E-state index is 0.0454. The molecule has 0 atom stereocenters. The highest BCUT2D eigenvalue weighted by Crippen LogP contribution is 1.96. The Morgan fingerprint density at radius 2 is 1.93 bits per heavy atom. The molecule has 0 aromatic rings. The summed E-state index contributed by atoms with van der Waals surface area (Å²) in [4.78, 5) is 21.9. The number of thioether (sulfide) groups is 1. The van der Waals surface area contributed by atoms with E-state index in [1.165, 1.54) is 0 Å². The summed E-state index contributed by atoms with van der Waals surface area (Å²) < 4.78 is 9.59. The summed E-state index contributed by atoms with van der Waals surface area (Å²) in [6.45, 7) is 5.42. The first kappa shape index (κ1) is 14.0. The summed E-state index contributed by atoms with van der Waals surface area (Å²) in [5.74, 6) is -0.0532. The van der Waals surface area contributed by atoms with Gasteiger partial charge < -0.3 is 9.47 Å². The Hall–Kier alpha value is -0.970. The molecule has 0 aliphatic heterocycles. The van der Waals surface area contributed by atoms with E-state index in [2.05, 4.69) is 6.58 Å². The topological polar surface area (TPSA) is 52.6 Å². The number of carbonyl (C=O) groups excluding carboxylic acids is 2. The van der Waals surface area contributed by atoms with Crippen LogP contribution in [0.2, 0.25) is 0 Å². The van der Waals surface area contributed by atoms with Gasteiger partial charge in [0.05, 0.1) is 6.42 Å². The van der Waals surface area contributed by atoms with Crippen molar-refractivity contribution in [3.05, 3.63) is 12.2 Å². The van der Waals surface area contributed by atoms with E-state index in [4.69, 9.17) is 9.47 Å². The molecule has 0 radical (unpaired) electrons. The lowest BCUT2D eigenvalue weighted by Crippen LogP contribution is -2.13. The summed E-state index contributed by atoms with van der Waals surface area (Å²) in [5, 5.41) is 0. The van der Waals surface area contributed by atoms with E-state index in [9.17, 15) is 9.59 Å². The smallest absolute Gasteiger partial charge is 0.333 e. The zero-order chi connectivity index (χ0) is 11.7. The second-order valence-corrected chi connectivity index (χ2v) is 3.87. The number of hydrogen-bond donors (Lipinski definition) is 0. The maximum atomic E-state index is 11.0. The van der Waals surface area contributed by atoms with Crippen LogP contribution in [0.4, 0.5) is 0 Å². The first-order chi connectivity index (χ1) is 7.07. The number of ether oxygens (including phenoxy) is 2. The summed E-state index contributed by atoms with van der Waals surface area (Å²) >= 11 is 1.60. The average molecular weight is 232 g/mol. The molecule has 0 heterocycles. The molecule has 0 amide bonds. The highest BCUT2D eigenvalue weighted by atomic mass is 32.2. The molecule has 0 N–H and O–H groups in total. The van der Waals surface area contributed by atoms with Gasteiger partial charge in [-0.15, -0.1) is 0 Å². The van der Waals surface area contributed by atoms with E-state index in [-0.39, 0.29) is 19.0 Å². The fourth-order valence-electron chi connectivity index (χ4n) is 0.661. The zero-order valence-corrected chi connectivity index (χ0v) is 9.89. The van der Waals surface area contributed by atoms with Gasteiger partial charge in [-0.05, 0) is 13.2 Å². The third-order valence-corrected chi connectivity index (χ3v) is 2.01. The Labute approximate surface area is 94.0 Å². The normalized spacial score (nSPS) is 9.47. The number of esters is 2. The fourth-order valence-corrected chi connectivity index (χ4v) is 0.911. The number of hydrogen-bond acceptors (Lipinski definition) is 5. The van der Waals surface area contributed by atoms with Crippen molar-refractivity contribution in [3.63, 3.8) is 0 Å². The molecule has 0 aromatic carbocycles. The summed E-state index contributed by atoms with van der Waals surface area (Å²) in [7, 11) is 0. The fraction of sp³-hybridized carbons (Fsp3) is 0.600. The molecule has 0 aliphatic rings. The van der Waals surface area contributed by atoms with Crippen molar-refractivity contribution >= 4 is 23.7 Å². The molecule has 5 heteroatoms. The monoisotopic (exact) mass is 232 g/mol. The molecule has 0 aliphatic carbocycles. The van der Waals surface area contributed by atoms with Gasteiger partial charge in [0.1, 0.15) is 13.2 Å². The molecule has 0 unspecified atom stereocenters. The third kappa shape index (κ3) is 8.05. The van der Waals surface area contributed by atoms with E-state index < -0.39 is 5.97 Å². The Morgan fingerprint density at radius 3 is 2.47 bits per heavy atom. The summed E-state index contributed by atoms with van der Waals surface area (Å²) in [6, 6.07) is 0. The van der Waals surface area contributed by atoms with Crippen LogP contribution >= 0.6 is 11.8 Å². The molecular weight excluding hydrogens is 216 g/mol. The maximum absolute atomic E-state index is 11.0. The van der Waals surface area contributed by atoms with E-state index in [1.807, 2.05) is 6.26 Å². The van der Waals surface area contributed by atoms with Crippen LogP contribution in [-0.4, -0.2) is 37.2 Å². The maximum Gasteiger partial charge on any atom is 0.333 e. The number of carbonyl (C=O) groups is 2. The Balaban J connectivity index is 3.47. The molecule has 4 nitrogen and oxygen atoms in total. The highest BCUT2D eigenvalue weighted by Gasteiger charge is 2.06. The molecule has 0 saturated heterocycles. The predicted molar refractivity (Wildman–Crippen MR) is 59.7 cm³/mol. The molecule has 0 bridgehead atoms. The predicted octanol–water partition coefficient (Wildman–Crippen LogP) is 1.40. The third-order valence-electron chi connectivity index (χ3n) is 1.44. The van der Waals surface area contributed by atoms with Gasteiger partial charge in [0, 0.05) is 11.3 Å². The van der Waals surface area contributed by atoms with Crippen molar-refractivity contribution in [1.82, 2.24) is 0 Å². The zero-order valence-electron chi connectivity index (χ0n) is 9.08. The molecule has 15 heavy (non-hydrogen) atoms. The van der Waals surface area contributed by atoms with Crippen LogP contribution in [0.1, 0.15) is 13.3 Å². The van der Waals surface area contributed by atoms with Gasteiger partial charge in [-0.25, -0.2) is 4.79 Å². The van der Waals surface area contributed by atoms with Crippen LogP contribution in [0.5, 0.6) is 0 Å². The van der Waals surface area contributed by atoms with Gasteiger partial charge in [-0.2, -0.15) is 11.8 Å². The SMILES string of the molecule is C=C(C)C(=O)OCCC(=O)OCCSC. The average Bonchev–Trinajstić information content (AvgIpc) is 2.18. The van der Waals surface area contributed by atoms with Gasteiger partial charge in [0.15, 0.2) is 0 Å². The molecule has 0 spiro atoms. The van der Waals surface area contributed by atoms with Crippen LogP contribution in [0, 0.1) is 0 Å². The van der Waals surface area contributed by atoms with Crippen LogP contribution in [0.3, 0.4) is 0 Å². The lowest BCUT2D eigenvalue weighted by molar-refractivity contribution is -0.147. The largest absolute Gasteiger partial charge is 0.465 e. The van der Waals surface area contributed by atoms with Crippen molar-refractivity contribution in [2.45, 2.75) is 13.3 Å². The second-order valence-electron chi connectivity index (χ2n) is 2.88. The highest BCUT2D eigenvalue weighted by molar-refractivity contribution is 7.98. The first-order valence-electron chi connectivity index (χ1n) is 4.55. The second kappa shape index (κ2) is 8.35. The first-order valence-corrected chi connectivity index (χ1v) is 5.94. The Morgan fingerprint density at radius 1 is 1.27 bits per heavy atom. The van der Waals surface area contributed by atoms with Crippen LogP contribution in [0.25, 0.3) is 0 Å². The quantitative estimate of drug-likeness (QED) is 0.377. The lowest BCUT2D eigenvalue weighted by Gasteiger charge is -2.04. The van der Waals surface area contributed by atoms with Crippen LogP contribution < -0.4 is 0 Å². The Bertz CT molecular complexity index is 238. The van der Waals surface area contributed by atoms with Crippen molar-refractivity contribution in [2.24, 2.45) is 0 Å². The van der Waals surface area contributed by atoms with Crippen LogP contribution in [0.15, 0.2) is 12.2 Å².